The zero-order valence-electron chi connectivity index (χ0n) is 17.6. The van der Waals surface area contributed by atoms with E-state index in [2.05, 4.69) is 0 Å². The number of para-hydroxylation sites is 1. The van der Waals surface area contributed by atoms with Gasteiger partial charge in [0.05, 0.1) is 28.3 Å². The van der Waals surface area contributed by atoms with E-state index in [0.29, 0.717) is 20.7 Å². The fourth-order valence-corrected chi connectivity index (χ4v) is 4.97. The summed E-state index contributed by atoms with van der Waals surface area (Å²) in [6, 6.07) is 15.7. The summed E-state index contributed by atoms with van der Waals surface area (Å²) in [7, 11) is 1.52. The molecule has 1 fully saturated rings. The molecule has 2 aromatic carbocycles. The molecule has 0 radical (unpaired) electrons. The highest BCUT2D eigenvalue weighted by Crippen LogP contribution is 2.37. The molecule has 0 bridgehead atoms. The number of amides is 1. The number of aryl methyl sites for hydroxylation is 1. The summed E-state index contributed by atoms with van der Waals surface area (Å²) in [5.74, 6) is 0.336. The molecule has 162 valence electrons. The molecule has 1 aliphatic heterocycles. The number of thiocarbonyl (C=S) groups is 1. The van der Waals surface area contributed by atoms with Gasteiger partial charge < -0.3 is 9.30 Å². The number of anilines is 1. The number of benzene rings is 2. The highest BCUT2D eigenvalue weighted by atomic mass is 32.2. The van der Waals surface area contributed by atoms with Crippen LogP contribution in [0.25, 0.3) is 11.8 Å². The van der Waals surface area contributed by atoms with Crippen LogP contribution in [0, 0.1) is 24.0 Å². The number of carbonyl (C=O) groups excluding carboxylic acids is 1. The molecule has 2 heterocycles. The molecule has 0 aliphatic carbocycles. The van der Waals surface area contributed by atoms with Crippen molar-refractivity contribution in [3.05, 3.63) is 86.6 Å². The third kappa shape index (κ3) is 3.80. The van der Waals surface area contributed by atoms with Gasteiger partial charge in [-0.05, 0) is 49.8 Å². The van der Waals surface area contributed by atoms with Crippen LogP contribution >= 0.6 is 24.0 Å². The molecule has 1 amide bonds. The van der Waals surface area contributed by atoms with E-state index in [1.807, 2.05) is 60.9 Å². The number of carbonyl (C=O) groups is 1. The van der Waals surface area contributed by atoms with Crippen molar-refractivity contribution in [1.82, 2.24) is 4.57 Å². The van der Waals surface area contributed by atoms with Gasteiger partial charge in [-0.25, -0.2) is 0 Å². The van der Waals surface area contributed by atoms with Gasteiger partial charge in [0.1, 0.15) is 5.75 Å². The smallest absolute Gasteiger partial charge is 0.271 e. The van der Waals surface area contributed by atoms with E-state index in [1.54, 1.807) is 6.07 Å². The number of methoxy groups -OCH3 is 1. The van der Waals surface area contributed by atoms with Crippen molar-refractivity contribution < 1.29 is 14.5 Å². The molecule has 32 heavy (non-hydrogen) atoms. The van der Waals surface area contributed by atoms with Gasteiger partial charge >= 0.3 is 0 Å². The Morgan fingerprint density at radius 1 is 1.12 bits per heavy atom. The molecular weight excluding hydrogens is 446 g/mol. The lowest BCUT2D eigenvalue weighted by Crippen LogP contribution is -2.27. The molecule has 3 aromatic rings. The number of non-ortho nitro benzene ring substituents is 1. The van der Waals surface area contributed by atoms with Gasteiger partial charge in [-0.2, -0.15) is 0 Å². The number of nitrogens with zero attached hydrogens (tertiary/aromatic N) is 3. The topological polar surface area (TPSA) is 77.6 Å². The summed E-state index contributed by atoms with van der Waals surface area (Å²) in [6.45, 7) is 3.80. The molecule has 1 aliphatic rings. The van der Waals surface area contributed by atoms with Crippen LogP contribution in [0.4, 0.5) is 11.4 Å². The number of rotatable bonds is 5. The third-order valence-electron chi connectivity index (χ3n) is 5.18. The van der Waals surface area contributed by atoms with Gasteiger partial charge in [0.25, 0.3) is 11.6 Å². The quantitative estimate of drug-likeness (QED) is 0.217. The molecule has 0 N–H and O–H groups in total. The number of thioether (sulfide) groups is 1. The Balaban J connectivity index is 1.76. The molecule has 9 heteroatoms. The molecule has 0 unspecified atom stereocenters. The Labute approximate surface area is 194 Å². The summed E-state index contributed by atoms with van der Waals surface area (Å²) >= 11 is 6.70. The molecule has 1 saturated heterocycles. The zero-order chi connectivity index (χ0) is 23.0. The lowest BCUT2D eigenvalue weighted by Gasteiger charge is -2.14. The monoisotopic (exact) mass is 465 g/mol. The standard InChI is InChI=1S/C23H19N3O4S2/c1-14-11-16(12-21-22(27)25(23(31)32-21)17-7-5-4-6-8-17)15(2)24(14)19-13-18(26(28)29)9-10-20(19)30-3/h4-13H,1-3H3/b21-12+. The molecule has 1 aromatic heterocycles. The minimum absolute atomic E-state index is 0.0291. The maximum Gasteiger partial charge on any atom is 0.271 e. The average molecular weight is 466 g/mol. The van der Waals surface area contributed by atoms with E-state index >= 15 is 0 Å². The van der Waals surface area contributed by atoms with Crippen LogP contribution in [0.15, 0.2) is 59.5 Å². The molecule has 0 saturated carbocycles. The van der Waals surface area contributed by atoms with Crippen LogP contribution in [-0.4, -0.2) is 26.8 Å². The molecule has 0 atom stereocenters. The summed E-state index contributed by atoms with van der Waals surface area (Å²) < 4.78 is 7.80. The predicted octanol–water partition coefficient (Wildman–Crippen LogP) is 5.42. The van der Waals surface area contributed by atoms with Crippen LogP contribution in [0.1, 0.15) is 17.0 Å². The second-order valence-corrected chi connectivity index (χ2v) is 8.80. The minimum atomic E-state index is -0.438. The van der Waals surface area contributed by atoms with Crippen LogP contribution in [0.2, 0.25) is 0 Å². The summed E-state index contributed by atoms with van der Waals surface area (Å²) in [4.78, 5) is 26.0. The largest absolute Gasteiger partial charge is 0.495 e. The Hall–Kier alpha value is -3.43. The number of aromatic nitrogens is 1. The van der Waals surface area contributed by atoms with Crippen molar-refractivity contribution in [2.24, 2.45) is 0 Å². The number of hydrogen-bond acceptors (Lipinski definition) is 6. The van der Waals surface area contributed by atoms with Crippen LogP contribution in [-0.2, 0) is 4.79 Å². The molecule has 0 spiro atoms. The van der Waals surface area contributed by atoms with Gasteiger partial charge in [0.15, 0.2) is 4.32 Å². The first kappa shape index (κ1) is 21.8. The number of nitro benzene ring substituents is 1. The third-order valence-corrected chi connectivity index (χ3v) is 6.48. The van der Waals surface area contributed by atoms with E-state index < -0.39 is 4.92 Å². The van der Waals surface area contributed by atoms with Crippen molar-refractivity contribution in [2.45, 2.75) is 13.8 Å². The Kier molecular flexibility index (Phi) is 5.86. The fraction of sp³-hybridized carbons (Fsp3) is 0.130. The van der Waals surface area contributed by atoms with Crippen molar-refractivity contribution >= 4 is 51.7 Å². The SMILES string of the molecule is COc1ccc([N+](=O)[O-])cc1-n1c(C)cc(/C=C2/SC(=S)N(c3ccccc3)C2=O)c1C. The zero-order valence-corrected chi connectivity index (χ0v) is 19.2. The molecule has 4 rings (SSSR count). The second kappa shape index (κ2) is 8.60. The summed E-state index contributed by atoms with van der Waals surface area (Å²) in [5.41, 5.74) is 3.76. The highest BCUT2D eigenvalue weighted by molar-refractivity contribution is 8.27. The lowest BCUT2D eigenvalue weighted by atomic mass is 10.2. The number of nitro groups is 1. The van der Waals surface area contributed by atoms with Crippen molar-refractivity contribution in [2.75, 3.05) is 12.0 Å². The first-order valence-corrected chi connectivity index (χ1v) is 10.9. The lowest BCUT2D eigenvalue weighted by molar-refractivity contribution is -0.384. The average Bonchev–Trinajstić information content (AvgIpc) is 3.22. The first-order valence-electron chi connectivity index (χ1n) is 9.66. The Morgan fingerprint density at radius 3 is 2.50 bits per heavy atom. The van der Waals surface area contributed by atoms with Gasteiger partial charge in [-0.1, -0.05) is 42.2 Å². The molecular formula is C23H19N3O4S2. The van der Waals surface area contributed by atoms with Crippen molar-refractivity contribution in [1.29, 1.82) is 0 Å². The Morgan fingerprint density at radius 2 is 1.84 bits per heavy atom. The van der Waals surface area contributed by atoms with E-state index in [9.17, 15) is 14.9 Å². The van der Waals surface area contributed by atoms with Crippen LogP contribution < -0.4 is 9.64 Å². The van der Waals surface area contributed by atoms with Crippen molar-refractivity contribution in [3.63, 3.8) is 0 Å². The molecule has 7 nitrogen and oxygen atoms in total. The predicted molar refractivity (Wildman–Crippen MR) is 131 cm³/mol. The number of hydrogen-bond donors (Lipinski definition) is 0. The fourth-order valence-electron chi connectivity index (χ4n) is 3.68. The summed E-state index contributed by atoms with van der Waals surface area (Å²) in [5, 5.41) is 11.3. The van der Waals surface area contributed by atoms with Gasteiger partial charge in [-0.3, -0.25) is 19.8 Å². The number of ether oxygens (including phenoxy) is 1. The maximum atomic E-state index is 13.1. The second-order valence-electron chi connectivity index (χ2n) is 7.13. The van der Waals surface area contributed by atoms with Gasteiger partial charge in [0.2, 0.25) is 0 Å². The van der Waals surface area contributed by atoms with Crippen LogP contribution in [0.3, 0.4) is 0 Å². The van der Waals surface area contributed by atoms with E-state index in [4.69, 9.17) is 17.0 Å². The summed E-state index contributed by atoms with van der Waals surface area (Å²) in [6.07, 6.45) is 1.81. The Bertz CT molecular complexity index is 1280. The first-order chi connectivity index (χ1) is 15.3. The van der Waals surface area contributed by atoms with Crippen LogP contribution in [0.5, 0.6) is 5.75 Å². The maximum absolute atomic E-state index is 13.1. The van der Waals surface area contributed by atoms with E-state index in [1.165, 1.54) is 35.9 Å². The van der Waals surface area contributed by atoms with Gasteiger partial charge in [-0.15, -0.1) is 0 Å². The van der Waals surface area contributed by atoms with E-state index in [0.717, 1.165) is 22.6 Å². The normalized spacial score (nSPS) is 15.0. The van der Waals surface area contributed by atoms with Gasteiger partial charge in [0, 0.05) is 23.5 Å². The minimum Gasteiger partial charge on any atom is -0.495 e. The van der Waals surface area contributed by atoms with Crippen molar-refractivity contribution in [3.8, 4) is 11.4 Å². The van der Waals surface area contributed by atoms with E-state index in [-0.39, 0.29) is 11.6 Å². The highest BCUT2D eigenvalue weighted by Gasteiger charge is 2.33.